The minimum absolute atomic E-state index is 0.256. The Hall–Kier alpha value is -0.610. The fourth-order valence-electron chi connectivity index (χ4n) is 1.67. The summed E-state index contributed by atoms with van der Waals surface area (Å²) in [7, 11) is 2.03. The summed E-state index contributed by atoms with van der Waals surface area (Å²) < 4.78 is 0. The Morgan fingerprint density at radius 1 is 1.31 bits per heavy atom. The van der Waals surface area contributed by atoms with Crippen molar-refractivity contribution in [1.29, 1.82) is 0 Å². The minimum atomic E-state index is -0.273. The number of nitrogens with one attached hydrogen (secondary N) is 1. The number of rotatable bonds is 8. The lowest BCUT2D eigenvalue weighted by Crippen LogP contribution is -2.51. The smallest absolute Gasteiger partial charge is 0.235 e. The maximum absolute atomic E-state index is 11.3. The van der Waals surface area contributed by atoms with Gasteiger partial charge in [0, 0.05) is 19.1 Å². The van der Waals surface area contributed by atoms with Crippen LogP contribution in [0.3, 0.4) is 0 Å². The van der Waals surface area contributed by atoms with Crippen LogP contribution >= 0.6 is 0 Å². The molecule has 0 aliphatic heterocycles. The molecule has 0 fully saturated rings. The molecule has 0 aliphatic rings. The molecule has 1 amide bonds. The van der Waals surface area contributed by atoms with Crippen LogP contribution < -0.4 is 11.1 Å². The molecule has 2 unspecified atom stereocenters. The molecule has 2 atom stereocenters. The SMILES string of the molecule is CCC(C)CN(C)CC(NC(C)C)C(N)=O. The fourth-order valence-corrected chi connectivity index (χ4v) is 1.67. The van der Waals surface area contributed by atoms with E-state index in [1.807, 2.05) is 20.9 Å². The second-order valence-corrected chi connectivity index (χ2v) is 5.01. The predicted octanol–water partition coefficient (Wildman–Crippen LogP) is 0.816. The molecule has 16 heavy (non-hydrogen) atoms. The lowest BCUT2D eigenvalue weighted by atomic mass is 10.1. The topological polar surface area (TPSA) is 58.4 Å². The van der Waals surface area contributed by atoms with E-state index in [4.69, 9.17) is 5.73 Å². The van der Waals surface area contributed by atoms with E-state index in [2.05, 4.69) is 24.1 Å². The van der Waals surface area contributed by atoms with E-state index < -0.39 is 0 Å². The van der Waals surface area contributed by atoms with Crippen molar-refractivity contribution >= 4 is 5.91 Å². The van der Waals surface area contributed by atoms with Crippen LogP contribution in [0.15, 0.2) is 0 Å². The Kier molecular flexibility index (Phi) is 7.34. The Bertz CT molecular complexity index is 206. The third kappa shape index (κ3) is 6.80. The van der Waals surface area contributed by atoms with Gasteiger partial charge in [0.2, 0.25) is 5.91 Å². The summed E-state index contributed by atoms with van der Waals surface area (Å²) in [5.41, 5.74) is 5.37. The van der Waals surface area contributed by atoms with Crippen molar-refractivity contribution in [2.24, 2.45) is 11.7 Å². The zero-order valence-electron chi connectivity index (χ0n) is 11.3. The highest BCUT2D eigenvalue weighted by molar-refractivity contribution is 5.80. The van der Waals surface area contributed by atoms with Crippen LogP contribution in [0.5, 0.6) is 0 Å². The Balaban J connectivity index is 4.12. The second-order valence-electron chi connectivity index (χ2n) is 5.01. The third-order valence-electron chi connectivity index (χ3n) is 2.69. The van der Waals surface area contributed by atoms with Gasteiger partial charge in [0.1, 0.15) is 0 Å². The van der Waals surface area contributed by atoms with Crippen molar-refractivity contribution in [1.82, 2.24) is 10.2 Å². The molecule has 0 aromatic heterocycles. The molecular weight excluding hydrogens is 202 g/mol. The Morgan fingerprint density at radius 3 is 2.25 bits per heavy atom. The molecule has 0 radical (unpaired) electrons. The molecule has 0 saturated heterocycles. The molecular formula is C12H27N3O. The average molecular weight is 229 g/mol. The number of hydrogen-bond donors (Lipinski definition) is 2. The van der Waals surface area contributed by atoms with E-state index in [-0.39, 0.29) is 18.0 Å². The van der Waals surface area contributed by atoms with E-state index in [1.54, 1.807) is 0 Å². The third-order valence-corrected chi connectivity index (χ3v) is 2.69. The Labute approximate surface area is 99.6 Å². The lowest BCUT2D eigenvalue weighted by Gasteiger charge is -2.26. The van der Waals surface area contributed by atoms with Crippen LogP contribution in [0, 0.1) is 5.92 Å². The highest BCUT2D eigenvalue weighted by atomic mass is 16.1. The first-order chi connectivity index (χ1) is 7.36. The van der Waals surface area contributed by atoms with Gasteiger partial charge in [-0.3, -0.25) is 4.79 Å². The first-order valence-corrected chi connectivity index (χ1v) is 6.10. The molecule has 0 aromatic carbocycles. The number of primary amides is 1. The quantitative estimate of drug-likeness (QED) is 0.648. The van der Waals surface area contributed by atoms with Crippen molar-refractivity contribution in [3.63, 3.8) is 0 Å². The second kappa shape index (κ2) is 7.63. The average Bonchev–Trinajstić information content (AvgIpc) is 2.15. The van der Waals surface area contributed by atoms with Gasteiger partial charge in [0.25, 0.3) is 0 Å². The number of carbonyl (C=O) groups excluding carboxylic acids is 1. The monoisotopic (exact) mass is 229 g/mol. The van der Waals surface area contributed by atoms with E-state index in [0.29, 0.717) is 12.5 Å². The maximum Gasteiger partial charge on any atom is 0.235 e. The van der Waals surface area contributed by atoms with Gasteiger partial charge in [-0.1, -0.05) is 34.1 Å². The van der Waals surface area contributed by atoms with Crippen LogP contribution in [0.4, 0.5) is 0 Å². The van der Waals surface area contributed by atoms with Crippen molar-refractivity contribution in [3.05, 3.63) is 0 Å². The maximum atomic E-state index is 11.3. The fraction of sp³-hybridized carbons (Fsp3) is 0.917. The van der Waals surface area contributed by atoms with Gasteiger partial charge in [-0.25, -0.2) is 0 Å². The van der Waals surface area contributed by atoms with E-state index >= 15 is 0 Å². The molecule has 96 valence electrons. The van der Waals surface area contributed by atoms with Gasteiger partial charge in [0.15, 0.2) is 0 Å². The number of likely N-dealkylation sites (N-methyl/N-ethyl adjacent to an activating group) is 1. The number of hydrogen-bond acceptors (Lipinski definition) is 3. The normalized spacial score (nSPS) is 15.4. The molecule has 4 heteroatoms. The van der Waals surface area contributed by atoms with Crippen LogP contribution in [0.2, 0.25) is 0 Å². The van der Waals surface area contributed by atoms with E-state index in [1.165, 1.54) is 0 Å². The van der Waals surface area contributed by atoms with Gasteiger partial charge in [-0.2, -0.15) is 0 Å². The minimum Gasteiger partial charge on any atom is -0.368 e. The number of nitrogens with zero attached hydrogens (tertiary/aromatic N) is 1. The largest absolute Gasteiger partial charge is 0.368 e. The molecule has 0 heterocycles. The number of nitrogens with two attached hydrogens (primary N) is 1. The van der Waals surface area contributed by atoms with Gasteiger partial charge in [-0.05, 0) is 13.0 Å². The number of carbonyl (C=O) groups is 1. The molecule has 0 aromatic rings. The first kappa shape index (κ1) is 15.4. The molecule has 0 spiro atoms. The number of amides is 1. The summed E-state index contributed by atoms with van der Waals surface area (Å²) in [6, 6.07) is 0.0172. The van der Waals surface area contributed by atoms with Crippen LogP contribution in [-0.2, 0) is 4.79 Å². The highest BCUT2D eigenvalue weighted by Crippen LogP contribution is 2.03. The molecule has 0 saturated carbocycles. The first-order valence-electron chi connectivity index (χ1n) is 6.10. The highest BCUT2D eigenvalue weighted by Gasteiger charge is 2.18. The summed E-state index contributed by atoms with van der Waals surface area (Å²) in [5, 5.41) is 3.19. The van der Waals surface area contributed by atoms with Crippen LogP contribution in [-0.4, -0.2) is 43.0 Å². The summed E-state index contributed by atoms with van der Waals surface area (Å²) in [5.74, 6) is 0.377. The predicted molar refractivity (Wildman–Crippen MR) is 68.2 cm³/mol. The molecule has 0 aliphatic carbocycles. The Morgan fingerprint density at radius 2 is 1.88 bits per heavy atom. The summed E-state index contributed by atoms with van der Waals surface area (Å²) >= 11 is 0. The standard InChI is InChI=1S/C12H27N3O/c1-6-10(4)7-15(5)8-11(12(13)16)14-9(2)3/h9-11,14H,6-8H2,1-5H3,(H2,13,16). The van der Waals surface area contributed by atoms with Crippen LogP contribution in [0.25, 0.3) is 0 Å². The zero-order valence-corrected chi connectivity index (χ0v) is 11.3. The van der Waals surface area contributed by atoms with E-state index in [9.17, 15) is 4.79 Å². The van der Waals surface area contributed by atoms with Crippen molar-refractivity contribution < 1.29 is 4.79 Å². The summed E-state index contributed by atoms with van der Waals surface area (Å²) in [6.45, 7) is 10.1. The molecule has 0 bridgehead atoms. The van der Waals surface area contributed by atoms with E-state index in [0.717, 1.165) is 13.0 Å². The van der Waals surface area contributed by atoms with Crippen molar-refractivity contribution in [3.8, 4) is 0 Å². The van der Waals surface area contributed by atoms with Gasteiger partial charge in [0.05, 0.1) is 6.04 Å². The lowest BCUT2D eigenvalue weighted by molar-refractivity contribution is -0.120. The molecule has 3 N–H and O–H groups in total. The van der Waals surface area contributed by atoms with Gasteiger partial charge in [-0.15, -0.1) is 0 Å². The summed E-state index contributed by atoms with van der Waals surface area (Å²) in [4.78, 5) is 13.4. The van der Waals surface area contributed by atoms with Crippen molar-refractivity contribution in [2.75, 3.05) is 20.1 Å². The zero-order chi connectivity index (χ0) is 12.7. The van der Waals surface area contributed by atoms with Crippen LogP contribution in [0.1, 0.15) is 34.1 Å². The van der Waals surface area contributed by atoms with Gasteiger partial charge < -0.3 is 16.0 Å². The van der Waals surface area contributed by atoms with Crippen molar-refractivity contribution in [2.45, 2.75) is 46.2 Å². The molecule has 0 rings (SSSR count). The van der Waals surface area contributed by atoms with Gasteiger partial charge >= 0.3 is 0 Å². The molecule has 4 nitrogen and oxygen atoms in total. The summed E-state index contributed by atoms with van der Waals surface area (Å²) in [6.07, 6.45) is 1.16.